The molecule has 1 amide bonds. The second kappa shape index (κ2) is 6.41. The van der Waals surface area contributed by atoms with Crippen LogP contribution >= 0.6 is 0 Å². The normalized spacial score (nSPS) is 11.3. The highest BCUT2D eigenvalue weighted by atomic mass is 19.4. The lowest BCUT2D eigenvalue weighted by molar-refractivity contribution is -0.138. The first-order chi connectivity index (χ1) is 10.4. The lowest BCUT2D eigenvalue weighted by atomic mass is 10.3. The van der Waals surface area contributed by atoms with E-state index in [9.17, 15) is 18.0 Å². The topological polar surface area (TPSA) is 90.1 Å². The van der Waals surface area contributed by atoms with Gasteiger partial charge >= 0.3 is 6.18 Å². The molecule has 0 bridgehead atoms. The van der Waals surface area contributed by atoms with E-state index in [1.807, 2.05) is 0 Å². The highest BCUT2D eigenvalue weighted by molar-refractivity contribution is 5.77. The number of halogens is 3. The van der Waals surface area contributed by atoms with Crippen LogP contribution in [0, 0.1) is 0 Å². The Morgan fingerprint density at radius 2 is 2.18 bits per heavy atom. The van der Waals surface area contributed by atoms with Gasteiger partial charge in [-0.2, -0.15) is 18.2 Å². The number of carbonyl (C=O) groups is 1. The summed E-state index contributed by atoms with van der Waals surface area (Å²) in [5, 5.41) is 5.35. The molecular weight excluding hydrogens is 305 g/mol. The van der Waals surface area contributed by atoms with Crippen molar-refractivity contribution in [2.45, 2.75) is 12.6 Å². The van der Waals surface area contributed by atoms with E-state index in [1.54, 1.807) is 17.4 Å². The van der Waals surface area contributed by atoms with Gasteiger partial charge in [0.2, 0.25) is 23.5 Å². The number of ether oxygens (including phenoxy) is 1. The monoisotopic (exact) mass is 316 g/mol. The van der Waals surface area contributed by atoms with Gasteiger partial charge in [0, 0.05) is 17.8 Å². The SMILES string of the molecule is COc1ccc(-c2noc(CC(=O)NCC(F)(F)F)n2)cn1. The van der Waals surface area contributed by atoms with Crippen molar-refractivity contribution in [2.24, 2.45) is 0 Å². The number of amides is 1. The van der Waals surface area contributed by atoms with Gasteiger partial charge in [-0.3, -0.25) is 4.79 Å². The molecule has 0 radical (unpaired) electrons. The first-order valence-electron chi connectivity index (χ1n) is 6.04. The Labute approximate surface area is 122 Å². The molecule has 0 aliphatic carbocycles. The highest BCUT2D eigenvalue weighted by Crippen LogP contribution is 2.17. The number of aromatic nitrogens is 3. The molecule has 0 fully saturated rings. The van der Waals surface area contributed by atoms with Crippen molar-refractivity contribution in [3.63, 3.8) is 0 Å². The summed E-state index contributed by atoms with van der Waals surface area (Å²) in [4.78, 5) is 19.2. The molecule has 118 valence electrons. The van der Waals surface area contributed by atoms with Gasteiger partial charge in [0.15, 0.2) is 0 Å². The summed E-state index contributed by atoms with van der Waals surface area (Å²) >= 11 is 0. The maximum Gasteiger partial charge on any atom is 0.405 e. The van der Waals surface area contributed by atoms with E-state index in [4.69, 9.17) is 9.26 Å². The predicted molar refractivity (Wildman–Crippen MR) is 66.8 cm³/mol. The zero-order valence-electron chi connectivity index (χ0n) is 11.3. The Bertz CT molecular complexity index is 640. The number of methoxy groups -OCH3 is 1. The summed E-state index contributed by atoms with van der Waals surface area (Å²) in [7, 11) is 1.47. The third-order valence-corrected chi connectivity index (χ3v) is 2.47. The van der Waals surface area contributed by atoms with Gasteiger partial charge in [-0.1, -0.05) is 5.16 Å². The van der Waals surface area contributed by atoms with Crippen LogP contribution in [0.4, 0.5) is 13.2 Å². The molecule has 0 saturated heterocycles. The third-order valence-electron chi connectivity index (χ3n) is 2.47. The van der Waals surface area contributed by atoms with Gasteiger partial charge < -0.3 is 14.6 Å². The molecule has 0 atom stereocenters. The van der Waals surface area contributed by atoms with E-state index in [-0.39, 0.29) is 11.7 Å². The first-order valence-corrected chi connectivity index (χ1v) is 6.04. The zero-order chi connectivity index (χ0) is 16.2. The van der Waals surface area contributed by atoms with Crippen molar-refractivity contribution >= 4 is 5.91 Å². The molecule has 0 aliphatic heterocycles. The predicted octanol–water partition coefficient (Wildman–Crippen LogP) is 1.36. The van der Waals surface area contributed by atoms with Crippen molar-refractivity contribution in [1.29, 1.82) is 0 Å². The van der Waals surface area contributed by atoms with E-state index >= 15 is 0 Å². The quantitative estimate of drug-likeness (QED) is 0.896. The summed E-state index contributed by atoms with van der Waals surface area (Å²) < 4.78 is 45.6. The van der Waals surface area contributed by atoms with E-state index in [1.165, 1.54) is 13.3 Å². The Kier molecular flexibility index (Phi) is 4.59. The number of pyridine rings is 1. The fourth-order valence-corrected chi connectivity index (χ4v) is 1.48. The van der Waals surface area contributed by atoms with Crippen LogP contribution in [-0.4, -0.2) is 40.9 Å². The Morgan fingerprint density at radius 1 is 1.41 bits per heavy atom. The van der Waals surface area contributed by atoms with Crippen molar-refractivity contribution in [1.82, 2.24) is 20.4 Å². The average Bonchev–Trinajstić information content (AvgIpc) is 2.93. The van der Waals surface area contributed by atoms with Gasteiger partial charge in [0.1, 0.15) is 13.0 Å². The Morgan fingerprint density at radius 3 is 2.77 bits per heavy atom. The van der Waals surface area contributed by atoms with Crippen LogP contribution in [0.15, 0.2) is 22.9 Å². The number of hydrogen-bond acceptors (Lipinski definition) is 6. The molecule has 1 N–H and O–H groups in total. The standard InChI is InChI=1S/C12H11F3N4O3/c1-21-9-3-2-7(5-16-9)11-18-10(22-19-11)4-8(20)17-6-12(13,14)15/h2-3,5H,4,6H2,1H3,(H,17,20). The number of rotatable bonds is 5. The van der Waals surface area contributed by atoms with Crippen LogP contribution in [0.1, 0.15) is 5.89 Å². The third kappa shape index (κ3) is 4.43. The fraction of sp³-hybridized carbons (Fsp3) is 0.333. The molecule has 2 rings (SSSR count). The van der Waals surface area contributed by atoms with Crippen LogP contribution in [-0.2, 0) is 11.2 Å². The molecule has 2 aromatic heterocycles. The van der Waals surface area contributed by atoms with Crippen LogP contribution in [0.25, 0.3) is 11.4 Å². The van der Waals surface area contributed by atoms with Crippen molar-refractivity contribution in [2.75, 3.05) is 13.7 Å². The number of nitrogens with one attached hydrogen (secondary N) is 1. The molecule has 22 heavy (non-hydrogen) atoms. The minimum absolute atomic E-state index is 0.0921. The van der Waals surface area contributed by atoms with Crippen molar-refractivity contribution in [3.05, 3.63) is 24.2 Å². The van der Waals surface area contributed by atoms with E-state index in [2.05, 4.69) is 15.1 Å². The summed E-state index contributed by atoms with van der Waals surface area (Å²) in [6, 6.07) is 3.21. The van der Waals surface area contributed by atoms with Crippen molar-refractivity contribution in [3.8, 4) is 17.3 Å². The van der Waals surface area contributed by atoms with Crippen molar-refractivity contribution < 1.29 is 27.2 Å². The number of nitrogens with zero attached hydrogens (tertiary/aromatic N) is 3. The summed E-state index contributed by atoms with van der Waals surface area (Å²) in [5.74, 6) is -0.376. The average molecular weight is 316 g/mol. The number of alkyl halides is 3. The maximum atomic E-state index is 12.0. The molecule has 2 aromatic rings. The molecular formula is C12H11F3N4O3. The van der Waals surface area contributed by atoms with E-state index < -0.39 is 25.0 Å². The van der Waals surface area contributed by atoms with Gasteiger partial charge in [0.05, 0.1) is 7.11 Å². The number of carbonyl (C=O) groups excluding carboxylic acids is 1. The summed E-state index contributed by atoms with van der Waals surface area (Å²) in [5.41, 5.74) is 0.520. The van der Waals surface area contributed by atoms with Crippen LogP contribution in [0.3, 0.4) is 0 Å². The van der Waals surface area contributed by atoms with Crippen LogP contribution in [0.2, 0.25) is 0 Å². The zero-order valence-corrected chi connectivity index (χ0v) is 11.3. The Balaban J connectivity index is 1.97. The minimum Gasteiger partial charge on any atom is -0.481 e. The lowest BCUT2D eigenvalue weighted by Gasteiger charge is -2.06. The van der Waals surface area contributed by atoms with Crippen LogP contribution in [0.5, 0.6) is 5.88 Å². The highest BCUT2D eigenvalue weighted by Gasteiger charge is 2.28. The maximum absolute atomic E-state index is 12.0. The first kappa shape index (κ1) is 15.7. The Hall–Kier alpha value is -2.65. The molecule has 0 aliphatic rings. The molecule has 0 aromatic carbocycles. The summed E-state index contributed by atoms with van der Waals surface area (Å²) in [6.45, 7) is -1.41. The van der Waals surface area contributed by atoms with Gasteiger partial charge in [-0.15, -0.1) is 0 Å². The summed E-state index contributed by atoms with van der Waals surface area (Å²) in [6.07, 6.45) is -3.46. The smallest absolute Gasteiger partial charge is 0.405 e. The van der Waals surface area contributed by atoms with Gasteiger partial charge in [-0.25, -0.2) is 4.98 Å². The molecule has 7 nitrogen and oxygen atoms in total. The molecule has 2 heterocycles. The molecule has 0 spiro atoms. The lowest BCUT2D eigenvalue weighted by Crippen LogP contribution is -2.34. The molecule has 0 unspecified atom stereocenters. The largest absolute Gasteiger partial charge is 0.481 e. The van der Waals surface area contributed by atoms with E-state index in [0.717, 1.165) is 0 Å². The number of hydrogen-bond donors (Lipinski definition) is 1. The van der Waals surface area contributed by atoms with Gasteiger partial charge in [0.25, 0.3) is 0 Å². The minimum atomic E-state index is -4.47. The molecule has 0 saturated carbocycles. The van der Waals surface area contributed by atoms with Gasteiger partial charge in [-0.05, 0) is 6.07 Å². The van der Waals surface area contributed by atoms with E-state index in [0.29, 0.717) is 11.4 Å². The molecule has 10 heteroatoms. The second-order valence-electron chi connectivity index (χ2n) is 4.17. The second-order valence-corrected chi connectivity index (χ2v) is 4.17. The van der Waals surface area contributed by atoms with Crippen LogP contribution < -0.4 is 10.1 Å². The fourth-order valence-electron chi connectivity index (χ4n) is 1.48.